The summed E-state index contributed by atoms with van der Waals surface area (Å²) in [6.07, 6.45) is 8.42. The molecule has 0 radical (unpaired) electrons. The van der Waals surface area contributed by atoms with Crippen LogP contribution in [0.2, 0.25) is 18.1 Å². The van der Waals surface area contributed by atoms with Crippen LogP contribution in [0, 0.1) is 11.8 Å². The van der Waals surface area contributed by atoms with Gasteiger partial charge < -0.3 is 28.5 Å². The Morgan fingerprint density at radius 2 is 1.16 bits per heavy atom. The highest BCUT2D eigenvalue weighted by molar-refractivity contribution is 6.74. The summed E-state index contributed by atoms with van der Waals surface area (Å²) in [5.41, 5.74) is 0. The van der Waals surface area contributed by atoms with Crippen LogP contribution in [0.4, 0.5) is 0 Å². The van der Waals surface area contributed by atoms with E-state index in [1.165, 1.54) is 12.8 Å². The summed E-state index contributed by atoms with van der Waals surface area (Å²) < 4.78 is 29.0. The van der Waals surface area contributed by atoms with Gasteiger partial charge in [0.15, 0.2) is 19.9 Å². The molecule has 4 aliphatic rings. The average Bonchev–Trinajstić information content (AvgIpc) is 3.38. The summed E-state index contributed by atoms with van der Waals surface area (Å²) in [7, 11) is -1.59. The van der Waals surface area contributed by atoms with Gasteiger partial charge in [0.1, 0.15) is 0 Å². The zero-order valence-corrected chi connectivity index (χ0v) is 21.5. The van der Waals surface area contributed by atoms with Gasteiger partial charge in [-0.3, -0.25) is 0 Å². The van der Waals surface area contributed by atoms with Crippen LogP contribution in [0.5, 0.6) is 0 Å². The maximum absolute atomic E-state index is 8.94. The summed E-state index contributed by atoms with van der Waals surface area (Å²) in [6.45, 7) is 15.8. The van der Waals surface area contributed by atoms with Crippen molar-refractivity contribution >= 4 is 8.32 Å². The highest BCUT2D eigenvalue weighted by atomic mass is 28.4. The Bertz CT molecular complexity index is 529. The molecule has 0 unspecified atom stereocenters. The molecule has 2 heterocycles. The molecular weight excluding hydrogens is 412 g/mol. The van der Waals surface area contributed by atoms with E-state index in [2.05, 4.69) is 33.9 Å². The van der Waals surface area contributed by atoms with Gasteiger partial charge in [0, 0.05) is 38.9 Å². The Kier molecular flexibility index (Phi) is 8.66. The molecule has 2 saturated carbocycles. The van der Waals surface area contributed by atoms with E-state index in [1.807, 2.05) is 0 Å². The number of hydrogen-bond acceptors (Lipinski definition) is 6. The summed E-state index contributed by atoms with van der Waals surface area (Å²) in [5.74, 6) is 0.676. The fraction of sp³-hybridized carbons (Fsp3) is 1.00. The van der Waals surface area contributed by atoms with Crippen LogP contribution < -0.4 is 0 Å². The van der Waals surface area contributed by atoms with Crippen LogP contribution in [0.3, 0.4) is 0 Å². The van der Waals surface area contributed by atoms with Crippen molar-refractivity contribution in [2.75, 3.05) is 39.6 Å². The van der Waals surface area contributed by atoms with Gasteiger partial charge in [0.05, 0.1) is 26.4 Å². The standard InChI is InChI=1S/C15H30O3Si.C9H16O3/c1-14(2,3)19(4,5)18-12-13-6-8-15(9-7-13)16-10-11-17-15;10-7-8-1-3-9(4-2-8)11-5-6-12-9/h13H,6-12H2,1-5H3;8,10H,1-7H2. The molecule has 2 spiro atoms. The van der Waals surface area contributed by atoms with Crippen molar-refractivity contribution < 1.29 is 28.5 Å². The Balaban J connectivity index is 0.000000194. The van der Waals surface area contributed by atoms with Gasteiger partial charge in [0.25, 0.3) is 0 Å². The number of aliphatic hydroxyl groups excluding tert-OH is 1. The number of rotatable bonds is 4. The van der Waals surface area contributed by atoms with Crippen molar-refractivity contribution in [2.24, 2.45) is 11.8 Å². The van der Waals surface area contributed by atoms with Gasteiger partial charge in [-0.05, 0) is 55.7 Å². The third kappa shape index (κ3) is 6.75. The Morgan fingerprint density at radius 3 is 1.52 bits per heavy atom. The monoisotopic (exact) mass is 458 g/mol. The first-order valence-corrected chi connectivity index (χ1v) is 15.3. The second-order valence-electron chi connectivity index (χ2n) is 11.4. The fourth-order valence-electron chi connectivity index (χ4n) is 4.70. The molecule has 2 aliphatic heterocycles. The molecule has 0 aromatic heterocycles. The first-order chi connectivity index (χ1) is 14.6. The molecular formula is C24H46O6Si. The lowest BCUT2D eigenvalue weighted by molar-refractivity contribution is -0.184. The van der Waals surface area contributed by atoms with Gasteiger partial charge in [-0.25, -0.2) is 0 Å². The first kappa shape index (κ1) is 25.6. The Hall–Kier alpha value is -0.0231. The zero-order chi connectivity index (χ0) is 22.6. The molecule has 1 N–H and O–H groups in total. The first-order valence-electron chi connectivity index (χ1n) is 12.4. The van der Waals surface area contributed by atoms with Crippen molar-refractivity contribution in [3.05, 3.63) is 0 Å². The summed E-state index contributed by atoms with van der Waals surface area (Å²) in [6, 6.07) is 0. The topological polar surface area (TPSA) is 66.4 Å². The van der Waals surface area contributed by atoms with Crippen LogP contribution in [0.1, 0.15) is 72.1 Å². The molecule has 6 nitrogen and oxygen atoms in total. The van der Waals surface area contributed by atoms with E-state index in [4.69, 9.17) is 28.5 Å². The molecule has 2 aliphatic carbocycles. The molecule has 0 amide bonds. The molecule has 31 heavy (non-hydrogen) atoms. The SMILES string of the molecule is CC(C)(C)[Si](C)(C)OCC1CCC2(CC1)OCCO2.OCC1CCC2(CC1)OCCO2. The van der Waals surface area contributed by atoms with Crippen molar-refractivity contribution in [1.82, 2.24) is 0 Å². The summed E-state index contributed by atoms with van der Waals surface area (Å²) >= 11 is 0. The van der Waals surface area contributed by atoms with Crippen molar-refractivity contribution in [3.8, 4) is 0 Å². The highest BCUT2D eigenvalue weighted by Crippen LogP contribution is 2.41. The normalized spacial score (nSPS) is 28.6. The third-order valence-electron chi connectivity index (χ3n) is 8.11. The smallest absolute Gasteiger partial charge is 0.191 e. The zero-order valence-electron chi connectivity index (χ0n) is 20.5. The lowest BCUT2D eigenvalue weighted by atomic mass is 9.86. The van der Waals surface area contributed by atoms with Gasteiger partial charge in [-0.1, -0.05) is 20.8 Å². The van der Waals surface area contributed by atoms with E-state index in [-0.39, 0.29) is 11.6 Å². The predicted molar refractivity (Wildman–Crippen MR) is 123 cm³/mol. The van der Waals surface area contributed by atoms with E-state index >= 15 is 0 Å². The van der Waals surface area contributed by atoms with Crippen LogP contribution in [-0.2, 0) is 23.4 Å². The molecule has 0 bridgehead atoms. The quantitative estimate of drug-likeness (QED) is 0.607. The van der Waals surface area contributed by atoms with Crippen LogP contribution in [-0.4, -0.2) is 64.6 Å². The molecule has 2 saturated heterocycles. The van der Waals surface area contributed by atoms with E-state index in [0.29, 0.717) is 23.5 Å². The van der Waals surface area contributed by atoms with E-state index in [1.54, 1.807) is 0 Å². The molecule has 4 fully saturated rings. The van der Waals surface area contributed by atoms with E-state index < -0.39 is 8.32 Å². The Morgan fingerprint density at radius 1 is 0.774 bits per heavy atom. The summed E-state index contributed by atoms with van der Waals surface area (Å²) in [5, 5.41) is 9.25. The predicted octanol–water partition coefficient (Wildman–Crippen LogP) is 4.85. The minimum absolute atomic E-state index is 0.229. The lowest BCUT2D eigenvalue weighted by Gasteiger charge is -2.39. The molecule has 7 heteroatoms. The molecule has 0 aromatic carbocycles. The number of ether oxygens (including phenoxy) is 4. The lowest BCUT2D eigenvalue weighted by Crippen LogP contribution is -2.43. The third-order valence-corrected chi connectivity index (χ3v) is 12.6. The van der Waals surface area contributed by atoms with E-state index in [0.717, 1.165) is 71.6 Å². The van der Waals surface area contributed by atoms with Gasteiger partial charge in [0.2, 0.25) is 0 Å². The number of aliphatic hydroxyl groups is 1. The molecule has 4 rings (SSSR count). The minimum Gasteiger partial charge on any atom is -0.417 e. The molecule has 182 valence electrons. The van der Waals surface area contributed by atoms with Gasteiger partial charge >= 0.3 is 0 Å². The van der Waals surface area contributed by atoms with Crippen LogP contribution in [0.15, 0.2) is 0 Å². The maximum atomic E-state index is 8.94. The van der Waals surface area contributed by atoms with Gasteiger partial charge in [-0.15, -0.1) is 0 Å². The Labute approximate surface area is 190 Å². The second kappa shape index (κ2) is 10.5. The highest BCUT2D eigenvalue weighted by Gasteiger charge is 2.42. The minimum atomic E-state index is -1.59. The van der Waals surface area contributed by atoms with Crippen molar-refractivity contribution in [1.29, 1.82) is 0 Å². The second-order valence-corrected chi connectivity index (χ2v) is 16.2. The molecule has 0 atom stereocenters. The van der Waals surface area contributed by atoms with Crippen LogP contribution in [0.25, 0.3) is 0 Å². The molecule has 0 aromatic rings. The van der Waals surface area contributed by atoms with Crippen LogP contribution >= 0.6 is 0 Å². The average molecular weight is 459 g/mol. The fourth-order valence-corrected chi connectivity index (χ4v) is 5.78. The number of hydrogen-bond donors (Lipinski definition) is 1. The maximum Gasteiger partial charge on any atom is 0.191 e. The van der Waals surface area contributed by atoms with Crippen molar-refractivity contribution in [3.63, 3.8) is 0 Å². The van der Waals surface area contributed by atoms with Gasteiger partial charge in [-0.2, -0.15) is 0 Å². The largest absolute Gasteiger partial charge is 0.417 e. The summed E-state index contributed by atoms with van der Waals surface area (Å²) in [4.78, 5) is 0. The van der Waals surface area contributed by atoms with Crippen molar-refractivity contribution in [2.45, 2.75) is 102 Å². The van der Waals surface area contributed by atoms with E-state index in [9.17, 15) is 0 Å².